The lowest BCUT2D eigenvalue weighted by Gasteiger charge is -2.28. The number of rotatable bonds is 3. The fourth-order valence-electron chi connectivity index (χ4n) is 2.95. The molecule has 0 fully saturated rings. The molecule has 114 valence electrons. The average molecular weight is 429 g/mol. The lowest BCUT2D eigenvalue weighted by molar-refractivity contribution is 0.839. The van der Waals surface area contributed by atoms with Crippen molar-refractivity contribution in [3.05, 3.63) is 86.8 Å². The van der Waals surface area contributed by atoms with Crippen molar-refractivity contribution in [3.63, 3.8) is 0 Å². The third-order valence-corrected chi connectivity index (χ3v) is 5.34. The van der Waals surface area contributed by atoms with Gasteiger partial charge in [0.15, 0.2) is 0 Å². The molecule has 0 heterocycles. The van der Waals surface area contributed by atoms with Gasteiger partial charge in [-0.05, 0) is 84.6 Å². The second-order valence-electron chi connectivity index (χ2n) is 5.74. The lowest BCUT2D eigenvalue weighted by Crippen LogP contribution is -2.13. The van der Waals surface area contributed by atoms with Crippen LogP contribution in [0.5, 0.6) is 0 Å². The summed E-state index contributed by atoms with van der Waals surface area (Å²) < 4.78 is 2.18. The van der Waals surface area contributed by atoms with Gasteiger partial charge in [0.2, 0.25) is 0 Å². The largest absolute Gasteiger partial charge is 0.310 e. The van der Waals surface area contributed by atoms with Gasteiger partial charge < -0.3 is 4.90 Å². The van der Waals surface area contributed by atoms with E-state index in [1.54, 1.807) is 0 Å². The zero-order chi connectivity index (χ0) is 15.8. The van der Waals surface area contributed by atoms with Crippen LogP contribution in [0.1, 0.15) is 11.1 Å². The predicted octanol–water partition coefficient (Wildman–Crippen LogP) is 6.78. The molecule has 1 aliphatic rings. The molecule has 1 nitrogen and oxygen atoms in total. The molecule has 1 aliphatic carbocycles. The normalized spacial score (nSPS) is 12.4. The van der Waals surface area contributed by atoms with Gasteiger partial charge in [-0.25, -0.2) is 0 Å². The highest BCUT2D eigenvalue weighted by Gasteiger charge is 2.17. The van der Waals surface area contributed by atoms with E-state index in [2.05, 4.69) is 103 Å². The van der Waals surface area contributed by atoms with Gasteiger partial charge in [0.1, 0.15) is 0 Å². The number of hydrogen-bond donors (Lipinski definition) is 0. The third-order valence-electron chi connectivity index (χ3n) is 4.28. The van der Waals surface area contributed by atoms with Crippen LogP contribution in [0.15, 0.2) is 75.7 Å². The van der Waals surface area contributed by atoms with Crippen LogP contribution in [0.4, 0.5) is 17.1 Å². The molecule has 0 radical (unpaired) electrons. The molecule has 0 atom stereocenters. The van der Waals surface area contributed by atoms with Crippen LogP contribution in [0.2, 0.25) is 0 Å². The summed E-state index contributed by atoms with van der Waals surface area (Å²) in [7, 11) is 0. The molecule has 23 heavy (non-hydrogen) atoms. The fourth-order valence-corrected chi connectivity index (χ4v) is 3.48. The van der Waals surface area contributed by atoms with Crippen molar-refractivity contribution in [2.75, 3.05) is 4.90 Å². The Morgan fingerprint density at radius 1 is 0.565 bits per heavy atom. The number of benzene rings is 3. The van der Waals surface area contributed by atoms with Crippen LogP contribution in [0, 0.1) is 0 Å². The summed E-state index contributed by atoms with van der Waals surface area (Å²) in [5.41, 5.74) is 6.50. The maximum atomic E-state index is 3.52. The van der Waals surface area contributed by atoms with Crippen LogP contribution in [0.3, 0.4) is 0 Å². The second-order valence-corrected chi connectivity index (χ2v) is 7.57. The van der Waals surface area contributed by atoms with E-state index in [1.807, 2.05) is 0 Å². The first kappa shape index (κ1) is 15.0. The van der Waals surface area contributed by atoms with Crippen molar-refractivity contribution in [2.45, 2.75) is 12.8 Å². The highest BCUT2D eigenvalue weighted by molar-refractivity contribution is 9.10. The number of aryl methyl sites for hydroxylation is 2. The maximum Gasteiger partial charge on any atom is 0.0464 e. The molecule has 0 unspecified atom stereocenters. The Hall–Kier alpha value is -1.58. The van der Waals surface area contributed by atoms with Crippen LogP contribution in [-0.4, -0.2) is 0 Å². The number of halogens is 2. The number of fused-ring (bicyclic) bond motifs is 1. The summed E-state index contributed by atoms with van der Waals surface area (Å²) in [5, 5.41) is 0. The van der Waals surface area contributed by atoms with Gasteiger partial charge in [-0.1, -0.05) is 37.9 Å². The molecule has 0 amide bonds. The van der Waals surface area contributed by atoms with Crippen molar-refractivity contribution in [1.29, 1.82) is 0 Å². The average Bonchev–Trinajstić information content (AvgIpc) is 2.53. The van der Waals surface area contributed by atoms with E-state index < -0.39 is 0 Å². The molecule has 0 saturated carbocycles. The van der Waals surface area contributed by atoms with Crippen molar-refractivity contribution in [2.24, 2.45) is 0 Å². The molecule has 3 aromatic carbocycles. The van der Waals surface area contributed by atoms with Crippen LogP contribution in [-0.2, 0) is 12.8 Å². The molecular formula is C20H15Br2N. The summed E-state index contributed by atoms with van der Waals surface area (Å²) >= 11 is 7.04. The highest BCUT2D eigenvalue weighted by Crippen LogP contribution is 2.38. The van der Waals surface area contributed by atoms with Crippen molar-refractivity contribution in [1.82, 2.24) is 0 Å². The Morgan fingerprint density at radius 3 is 1.48 bits per heavy atom. The third kappa shape index (κ3) is 2.96. The Kier molecular flexibility index (Phi) is 4.00. The molecule has 3 heteroatoms. The SMILES string of the molecule is Brc1ccc(N(c2ccc(Br)cc2)c2ccc3c(c2)CC3)cc1. The van der Waals surface area contributed by atoms with E-state index in [-0.39, 0.29) is 0 Å². The Bertz CT molecular complexity index is 793. The fraction of sp³-hybridized carbons (Fsp3) is 0.100. The van der Waals surface area contributed by atoms with Gasteiger partial charge in [0.25, 0.3) is 0 Å². The molecule has 0 bridgehead atoms. The van der Waals surface area contributed by atoms with Gasteiger partial charge in [-0.3, -0.25) is 0 Å². The number of hydrogen-bond acceptors (Lipinski definition) is 1. The monoisotopic (exact) mass is 427 g/mol. The number of anilines is 3. The molecule has 0 aromatic heterocycles. The van der Waals surface area contributed by atoms with Gasteiger partial charge in [-0.15, -0.1) is 0 Å². The molecular weight excluding hydrogens is 414 g/mol. The first-order chi connectivity index (χ1) is 11.2. The van der Waals surface area contributed by atoms with E-state index >= 15 is 0 Å². The Labute approximate surface area is 153 Å². The minimum atomic E-state index is 1.09. The van der Waals surface area contributed by atoms with E-state index in [0.29, 0.717) is 0 Å². The van der Waals surface area contributed by atoms with Crippen molar-refractivity contribution >= 4 is 48.9 Å². The smallest absolute Gasteiger partial charge is 0.0464 e. The maximum absolute atomic E-state index is 3.52. The van der Waals surface area contributed by atoms with Crippen LogP contribution in [0.25, 0.3) is 0 Å². The van der Waals surface area contributed by atoms with E-state index in [9.17, 15) is 0 Å². The summed E-state index contributed by atoms with van der Waals surface area (Å²) in [4.78, 5) is 2.30. The lowest BCUT2D eigenvalue weighted by atomic mass is 9.88. The zero-order valence-electron chi connectivity index (χ0n) is 12.5. The van der Waals surface area contributed by atoms with Crippen molar-refractivity contribution in [3.8, 4) is 0 Å². The minimum absolute atomic E-state index is 1.09. The topological polar surface area (TPSA) is 3.24 Å². The Morgan fingerprint density at radius 2 is 1.04 bits per heavy atom. The zero-order valence-corrected chi connectivity index (χ0v) is 15.6. The molecule has 0 spiro atoms. The molecule has 4 rings (SSSR count). The Balaban J connectivity index is 1.83. The van der Waals surface area contributed by atoms with Gasteiger partial charge >= 0.3 is 0 Å². The molecule has 0 N–H and O–H groups in total. The summed E-state index contributed by atoms with van der Waals surface area (Å²) in [6, 6.07) is 23.7. The predicted molar refractivity (Wildman–Crippen MR) is 104 cm³/mol. The highest BCUT2D eigenvalue weighted by atomic mass is 79.9. The standard InChI is InChI=1S/C20H15Br2N/c21-16-4-9-18(10-5-16)23(19-11-6-17(22)7-12-19)20-8-3-14-1-2-15(14)13-20/h3-13H,1-2H2. The van der Waals surface area contributed by atoms with Gasteiger partial charge in [-0.2, -0.15) is 0 Å². The van der Waals surface area contributed by atoms with Crippen molar-refractivity contribution < 1.29 is 0 Å². The van der Waals surface area contributed by atoms with Gasteiger partial charge in [0, 0.05) is 26.0 Å². The first-order valence-electron chi connectivity index (χ1n) is 7.64. The first-order valence-corrected chi connectivity index (χ1v) is 9.22. The second kappa shape index (κ2) is 6.14. The minimum Gasteiger partial charge on any atom is -0.310 e. The number of nitrogens with zero attached hydrogens (tertiary/aromatic N) is 1. The molecule has 0 aliphatic heterocycles. The van der Waals surface area contributed by atoms with Crippen LogP contribution < -0.4 is 4.90 Å². The summed E-state index contributed by atoms with van der Waals surface area (Å²) in [6.07, 6.45) is 2.41. The van der Waals surface area contributed by atoms with E-state index in [0.717, 1.165) is 20.3 Å². The molecule has 3 aromatic rings. The quantitative estimate of drug-likeness (QED) is 0.444. The van der Waals surface area contributed by atoms with Crippen LogP contribution >= 0.6 is 31.9 Å². The molecule has 0 saturated heterocycles. The van der Waals surface area contributed by atoms with E-state index in [1.165, 1.54) is 29.7 Å². The summed E-state index contributed by atoms with van der Waals surface area (Å²) in [5.74, 6) is 0. The summed E-state index contributed by atoms with van der Waals surface area (Å²) in [6.45, 7) is 0. The van der Waals surface area contributed by atoms with Gasteiger partial charge in [0.05, 0.1) is 0 Å². The van der Waals surface area contributed by atoms with E-state index in [4.69, 9.17) is 0 Å².